The largest absolute Gasteiger partial charge is 0.482 e. The van der Waals surface area contributed by atoms with Gasteiger partial charge in [0, 0.05) is 17.3 Å². The molecule has 142 valence electrons. The van der Waals surface area contributed by atoms with Crippen LogP contribution in [0.25, 0.3) is 0 Å². The third-order valence-corrected chi connectivity index (χ3v) is 3.88. The topological polar surface area (TPSA) is 79.5 Å². The first-order valence-corrected chi connectivity index (χ1v) is 9.03. The standard InChI is InChI=1S/C19H20ClN3O3S/c1-12(2)18(25)21-13-6-5-7-14(10-13)22-19(27)23-17(24)11-26-16-9-4-3-8-15(16)20/h3-10,12H,11H2,1-2H3,(H,21,25)(H2,22,23,24,27). The van der Waals surface area contributed by atoms with Crippen molar-refractivity contribution in [3.8, 4) is 5.75 Å². The van der Waals surface area contributed by atoms with Crippen LogP contribution in [0.15, 0.2) is 48.5 Å². The summed E-state index contributed by atoms with van der Waals surface area (Å²) in [5, 5.41) is 8.75. The summed E-state index contributed by atoms with van der Waals surface area (Å²) in [4.78, 5) is 23.7. The zero-order valence-corrected chi connectivity index (χ0v) is 16.5. The van der Waals surface area contributed by atoms with Crippen LogP contribution in [-0.2, 0) is 9.59 Å². The van der Waals surface area contributed by atoms with Gasteiger partial charge in [-0.25, -0.2) is 0 Å². The Morgan fingerprint density at radius 1 is 1.07 bits per heavy atom. The molecule has 0 saturated carbocycles. The molecule has 0 aliphatic carbocycles. The number of ether oxygens (including phenoxy) is 1. The van der Waals surface area contributed by atoms with Crippen LogP contribution >= 0.6 is 23.8 Å². The van der Waals surface area contributed by atoms with Crippen molar-refractivity contribution in [2.75, 3.05) is 17.2 Å². The first kappa shape index (κ1) is 20.7. The zero-order chi connectivity index (χ0) is 19.8. The lowest BCUT2D eigenvalue weighted by Gasteiger charge is -2.12. The predicted octanol–water partition coefficient (Wildman–Crippen LogP) is 3.83. The second kappa shape index (κ2) is 9.89. The van der Waals surface area contributed by atoms with Crippen molar-refractivity contribution in [2.24, 2.45) is 5.92 Å². The molecule has 0 aliphatic rings. The Kier molecular flexibility index (Phi) is 7.57. The predicted molar refractivity (Wildman–Crippen MR) is 111 cm³/mol. The monoisotopic (exact) mass is 405 g/mol. The van der Waals surface area contributed by atoms with Crippen molar-refractivity contribution in [2.45, 2.75) is 13.8 Å². The summed E-state index contributed by atoms with van der Waals surface area (Å²) in [7, 11) is 0. The quantitative estimate of drug-likeness (QED) is 0.636. The number of thiocarbonyl (C=S) groups is 1. The van der Waals surface area contributed by atoms with E-state index in [-0.39, 0.29) is 23.5 Å². The number of halogens is 1. The van der Waals surface area contributed by atoms with Gasteiger partial charge in [-0.3, -0.25) is 14.9 Å². The van der Waals surface area contributed by atoms with Gasteiger partial charge in [-0.1, -0.05) is 43.6 Å². The maximum Gasteiger partial charge on any atom is 0.264 e. The Bertz CT molecular complexity index is 842. The Labute approximate surface area is 168 Å². The minimum Gasteiger partial charge on any atom is -0.482 e. The first-order valence-electron chi connectivity index (χ1n) is 8.24. The molecule has 3 N–H and O–H groups in total. The molecule has 2 rings (SSSR count). The molecule has 0 bridgehead atoms. The number of nitrogens with one attached hydrogen (secondary N) is 3. The summed E-state index contributed by atoms with van der Waals surface area (Å²) in [6, 6.07) is 13.9. The Morgan fingerprint density at radius 3 is 2.41 bits per heavy atom. The number of benzene rings is 2. The lowest BCUT2D eigenvalue weighted by atomic mass is 10.2. The van der Waals surface area contributed by atoms with Crippen LogP contribution in [0, 0.1) is 5.92 Å². The van der Waals surface area contributed by atoms with E-state index in [4.69, 9.17) is 28.6 Å². The van der Waals surface area contributed by atoms with Crippen LogP contribution in [-0.4, -0.2) is 23.5 Å². The van der Waals surface area contributed by atoms with Gasteiger partial charge >= 0.3 is 0 Å². The van der Waals surface area contributed by atoms with E-state index in [1.165, 1.54) is 0 Å². The van der Waals surface area contributed by atoms with E-state index >= 15 is 0 Å². The van der Waals surface area contributed by atoms with Gasteiger partial charge in [-0.2, -0.15) is 0 Å². The van der Waals surface area contributed by atoms with Gasteiger partial charge in [-0.05, 0) is 42.5 Å². The number of para-hydroxylation sites is 1. The number of anilines is 2. The van der Waals surface area contributed by atoms with Gasteiger partial charge in [0.15, 0.2) is 11.7 Å². The Balaban J connectivity index is 1.85. The van der Waals surface area contributed by atoms with Crippen molar-refractivity contribution >= 4 is 52.1 Å². The van der Waals surface area contributed by atoms with Crippen molar-refractivity contribution in [3.05, 3.63) is 53.6 Å². The SMILES string of the molecule is CC(C)C(=O)Nc1cccc(NC(=S)NC(=O)COc2ccccc2Cl)c1. The summed E-state index contributed by atoms with van der Waals surface area (Å²) in [6.45, 7) is 3.40. The highest BCUT2D eigenvalue weighted by Gasteiger charge is 2.09. The van der Waals surface area contributed by atoms with Crippen molar-refractivity contribution in [1.29, 1.82) is 0 Å². The minimum atomic E-state index is -0.420. The van der Waals surface area contributed by atoms with E-state index in [9.17, 15) is 9.59 Å². The first-order chi connectivity index (χ1) is 12.8. The number of rotatable bonds is 6. The molecule has 0 aromatic heterocycles. The lowest BCUT2D eigenvalue weighted by Crippen LogP contribution is -2.37. The number of carbonyl (C=O) groups excluding carboxylic acids is 2. The van der Waals surface area contributed by atoms with E-state index in [0.29, 0.717) is 22.1 Å². The van der Waals surface area contributed by atoms with Gasteiger partial charge in [-0.15, -0.1) is 0 Å². The maximum absolute atomic E-state index is 12.0. The molecule has 0 unspecified atom stereocenters. The molecule has 0 saturated heterocycles. The number of carbonyl (C=O) groups is 2. The minimum absolute atomic E-state index is 0.0836. The molecule has 0 heterocycles. The molecule has 2 amide bonds. The van der Waals surface area contributed by atoms with Crippen molar-refractivity contribution < 1.29 is 14.3 Å². The molecule has 2 aromatic carbocycles. The summed E-state index contributed by atoms with van der Waals surface area (Å²) in [5.41, 5.74) is 1.27. The van der Waals surface area contributed by atoms with Crippen molar-refractivity contribution in [1.82, 2.24) is 5.32 Å². The second-order valence-electron chi connectivity index (χ2n) is 5.95. The molecule has 6 nitrogen and oxygen atoms in total. The molecule has 8 heteroatoms. The van der Waals surface area contributed by atoms with E-state index in [1.807, 2.05) is 13.8 Å². The second-order valence-corrected chi connectivity index (χ2v) is 6.76. The molecule has 0 atom stereocenters. The van der Waals surface area contributed by atoms with Crippen LogP contribution in [0.3, 0.4) is 0 Å². The van der Waals surface area contributed by atoms with Gasteiger partial charge in [0.2, 0.25) is 5.91 Å². The molecule has 27 heavy (non-hydrogen) atoms. The summed E-state index contributed by atoms with van der Waals surface area (Å²) in [5.74, 6) is -0.210. The fourth-order valence-corrected chi connectivity index (χ4v) is 2.41. The highest BCUT2D eigenvalue weighted by Crippen LogP contribution is 2.22. The summed E-state index contributed by atoms with van der Waals surface area (Å²) >= 11 is 11.1. The van der Waals surface area contributed by atoms with Crippen LogP contribution in [0.5, 0.6) is 5.75 Å². The molecule has 2 aromatic rings. The molecule has 0 aliphatic heterocycles. The van der Waals surface area contributed by atoms with Crippen LogP contribution in [0.2, 0.25) is 5.02 Å². The average molecular weight is 406 g/mol. The highest BCUT2D eigenvalue weighted by molar-refractivity contribution is 7.80. The maximum atomic E-state index is 12.0. The third-order valence-electron chi connectivity index (χ3n) is 3.36. The molecule has 0 spiro atoms. The normalized spacial score (nSPS) is 10.2. The smallest absolute Gasteiger partial charge is 0.264 e. The lowest BCUT2D eigenvalue weighted by molar-refractivity contribution is -0.121. The van der Waals surface area contributed by atoms with Crippen LogP contribution in [0.1, 0.15) is 13.8 Å². The highest BCUT2D eigenvalue weighted by atomic mass is 35.5. The molecular formula is C19H20ClN3O3S. The van der Waals surface area contributed by atoms with E-state index in [1.54, 1.807) is 48.5 Å². The number of amides is 2. The van der Waals surface area contributed by atoms with Gasteiger partial charge in [0.05, 0.1) is 5.02 Å². The fraction of sp³-hybridized carbons (Fsp3) is 0.211. The fourth-order valence-electron chi connectivity index (χ4n) is 1.99. The summed E-state index contributed by atoms with van der Waals surface area (Å²) < 4.78 is 5.36. The van der Waals surface area contributed by atoms with Crippen LogP contribution < -0.4 is 20.7 Å². The van der Waals surface area contributed by atoms with Crippen molar-refractivity contribution in [3.63, 3.8) is 0 Å². The molecule has 0 radical (unpaired) electrons. The molecular weight excluding hydrogens is 386 g/mol. The number of hydrogen-bond acceptors (Lipinski definition) is 4. The summed E-state index contributed by atoms with van der Waals surface area (Å²) in [6.07, 6.45) is 0. The zero-order valence-electron chi connectivity index (χ0n) is 14.9. The molecule has 0 fully saturated rings. The Morgan fingerprint density at radius 2 is 1.74 bits per heavy atom. The van der Waals surface area contributed by atoms with Crippen LogP contribution in [0.4, 0.5) is 11.4 Å². The van der Waals surface area contributed by atoms with Gasteiger partial charge in [0.25, 0.3) is 5.91 Å². The van der Waals surface area contributed by atoms with Gasteiger partial charge < -0.3 is 15.4 Å². The number of hydrogen-bond donors (Lipinski definition) is 3. The average Bonchev–Trinajstić information content (AvgIpc) is 2.61. The van der Waals surface area contributed by atoms with Gasteiger partial charge in [0.1, 0.15) is 5.75 Å². The third kappa shape index (κ3) is 6.88. The van der Waals surface area contributed by atoms with E-state index in [2.05, 4.69) is 16.0 Å². The van der Waals surface area contributed by atoms with E-state index < -0.39 is 5.91 Å². The Hall–Kier alpha value is -2.64. The van der Waals surface area contributed by atoms with E-state index in [0.717, 1.165) is 0 Å².